The second-order valence-corrected chi connectivity index (χ2v) is 7.37. The van der Waals surface area contributed by atoms with Crippen molar-refractivity contribution in [1.82, 2.24) is 0 Å². The zero-order valence-corrected chi connectivity index (χ0v) is 16.5. The normalized spacial score (nSPS) is 21.0. The molecule has 1 unspecified atom stereocenters. The van der Waals surface area contributed by atoms with E-state index in [1.165, 1.54) is 31.2 Å². The minimum absolute atomic E-state index is 0.143. The maximum absolute atomic E-state index is 10.8. The van der Waals surface area contributed by atoms with Crippen LogP contribution in [0.4, 0.5) is 0 Å². The number of hydrogen-bond acceptors (Lipinski definition) is 3. The van der Waals surface area contributed by atoms with Gasteiger partial charge in [0.15, 0.2) is 0 Å². The fourth-order valence-corrected chi connectivity index (χ4v) is 3.13. The van der Waals surface area contributed by atoms with E-state index in [1.807, 2.05) is 12.1 Å². The van der Waals surface area contributed by atoms with Crippen molar-refractivity contribution in [2.75, 3.05) is 7.11 Å². The molecule has 2 rings (SSSR count). The Morgan fingerprint density at radius 3 is 2.28 bits per heavy atom. The van der Waals surface area contributed by atoms with Gasteiger partial charge in [0.2, 0.25) is 0 Å². The highest BCUT2D eigenvalue weighted by Gasteiger charge is 2.21. The number of Topliss-reactive ketones (excluding diaryl/α,β-unsaturated/α-hetero) is 1. The Kier molecular flexibility index (Phi) is 10.5. The van der Waals surface area contributed by atoms with Gasteiger partial charge in [0.25, 0.3) is 0 Å². The highest BCUT2D eigenvalue weighted by Crippen LogP contribution is 2.24. The summed E-state index contributed by atoms with van der Waals surface area (Å²) in [5.41, 5.74) is 1.42. The third-order valence-electron chi connectivity index (χ3n) is 5.29. The number of aliphatic hydroxyl groups is 1. The first-order valence-corrected chi connectivity index (χ1v) is 9.77. The highest BCUT2D eigenvalue weighted by molar-refractivity contribution is 5.78. The molecule has 3 nitrogen and oxygen atoms in total. The van der Waals surface area contributed by atoms with Crippen molar-refractivity contribution in [3.63, 3.8) is 0 Å². The molecule has 1 aromatic carbocycles. The number of carbonyl (C=O) groups excluding carboxylic acids is 1. The van der Waals surface area contributed by atoms with E-state index in [2.05, 4.69) is 26.0 Å². The predicted molar refractivity (Wildman–Crippen MR) is 104 cm³/mol. The van der Waals surface area contributed by atoms with E-state index in [-0.39, 0.29) is 17.8 Å². The van der Waals surface area contributed by atoms with Crippen LogP contribution in [0.2, 0.25) is 0 Å². The van der Waals surface area contributed by atoms with Gasteiger partial charge in [0.05, 0.1) is 13.2 Å². The molecule has 0 spiro atoms. The fourth-order valence-electron chi connectivity index (χ4n) is 3.13. The summed E-state index contributed by atoms with van der Waals surface area (Å²) >= 11 is 0. The van der Waals surface area contributed by atoms with Crippen molar-refractivity contribution in [3.8, 4) is 5.75 Å². The third-order valence-corrected chi connectivity index (χ3v) is 5.29. The first kappa shape index (κ1) is 21.7. The van der Waals surface area contributed by atoms with Gasteiger partial charge in [-0.15, -0.1) is 0 Å². The summed E-state index contributed by atoms with van der Waals surface area (Å²) in [7, 11) is 1.71. The molecule has 25 heavy (non-hydrogen) atoms. The second kappa shape index (κ2) is 12.1. The molecule has 3 heteroatoms. The summed E-state index contributed by atoms with van der Waals surface area (Å²) in [4.78, 5) is 10.8. The van der Waals surface area contributed by atoms with Gasteiger partial charge >= 0.3 is 0 Å². The molecule has 0 bridgehead atoms. The van der Waals surface area contributed by atoms with Crippen LogP contribution in [-0.4, -0.2) is 24.1 Å². The minimum atomic E-state index is -0.143. The summed E-state index contributed by atoms with van der Waals surface area (Å²) in [5, 5.41) is 9.10. The Bertz CT molecular complexity index is 473. The molecule has 1 saturated carbocycles. The van der Waals surface area contributed by atoms with Crippen LogP contribution in [-0.2, 0) is 11.2 Å². The van der Waals surface area contributed by atoms with Crippen molar-refractivity contribution >= 4 is 5.78 Å². The molecule has 1 fully saturated rings. The largest absolute Gasteiger partial charge is 0.497 e. The number of ether oxygens (including phenoxy) is 1. The smallest absolute Gasteiger partial charge is 0.132 e. The van der Waals surface area contributed by atoms with E-state index in [1.54, 1.807) is 14.0 Å². The third kappa shape index (κ3) is 9.06. The number of carbonyl (C=O) groups is 1. The number of ketones is 1. The van der Waals surface area contributed by atoms with Gasteiger partial charge < -0.3 is 9.84 Å². The fraction of sp³-hybridized carbons (Fsp3) is 0.682. The lowest BCUT2D eigenvalue weighted by molar-refractivity contribution is -0.122. The van der Waals surface area contributed by atoms with E-state index >= 15 is 0 Å². The van der Waals surface area contributed by atoms with Crippen LogP contribution in [0.1, 0.15) is 71.3 Å². The topological polar surface area (TPSA) is 46.5 Å². The van der Waals surface area contributed by atoms with E-state index in [0.29, 0.717) is 0 Å². The van der Waals surface area contributed by atoms with Crippen LogP contribution in [0.15, 0.2) is 24.3 Å². The van der Waals surface area contributed by atoms with Gasteiger partial charge in [0.1, 0.15) is 11.5 Å². The van der Waals surface area contributed by atoms with Crippen LogP contribution >= 0.6 is 0 Å². The lowest BCUT2D eigenvalue weighted by Crippen LogP contribution is -2.22. The van der Waals surface area contributed by atoms with Crippen LogP contribution < -0.4 is 4.74 Å². The maximum Gasteiger partial charge on any atom is 0.132 e. The number of benzene rings is 1. The molecule has 0 radical (unpaired) electrons. The minimum Gasteiger partial charge on any atom is -0.497 e. The first-order valence-electron chi connectivity index (χ1n) is 9.77. The Balaban J connectivity index is 0.000000271. The van der Waals surface area contributed by atoms with Crippen molar-refractivity contribution in [2.24, 2.45) is 11.8 Å². The number of rotatable bonds is 7. The van der Waals surface area contributed by atoms with Gasteiger partial charge in [0, 0.05) is 5.92 Å². The Hall–Kier alpha value is -1.35. The summed E-state index contributed by atoms with van der Waals surface area (Å²) in [6.45, 7) is 6.23. The summed E-state index contributed by atoms with van der Waals surface area (Å²) in [5.74, 6) is 2.33. The quantitative estimate of drug-likeness (QED) is 0.737. The van der Waals surface area contributed by atoms with E-state index in [4.69, 9.17) is 9.84 Å². The summed E-state index contributed by atoms with van der Waals surface area (Å²) < 4.78 is 5.13. The predicted octanol–water partition coefficient (Wildman–Crippen LogP) is 5.19. The average Bonchev–Trinajstić information content (AvgIpc) is 2.63. The van der Waals surface area contributed by atoms with Gasteiger partial charge in [-0.2, -0.15) is 0 Å². The molecule has 1 aliphatic carbocycles. The zero-order valence-electron chi connectivity index (χ0n) is 16.5. The highest BCUT2D eigenvalue weighted by atomic mass is 16.5. The standard InChI is InChI=1S/C14H22O.C8H14O2/c1-4-12(2)6-5-7-13-8-10-14(15-3)11-9-13;1-6(9)7-2-4-8(10)5-3-7/h8-12H,4-7H2,1-3H3;7-8,10H,2-5H2,1H3. The molecular weight excluding hydrogens is 312 g/mol. The Morgan fingerprint density at radius 2 is 1.80 bits per heavy atom. The lowest BCUT2D eigenvalue weighted by atomic mass is 9.85. The molecule has 0 saturated heterocycles. The Labute approximate surface area is 153 Å². The molecule has 0 aromatic heterocycles. The molecule has 1 aliphatic rings. The van der Waals surface area contributed by atoms with Crippen LogP contribution in [0.3, 0.4) is 0 Å². The Morgan fingerprint density at radius 1 is 1.20 bits per heavy atom. The van der Waals surface area contributed by atoms with E-state index < -0.39 is 0 Å². The molecule has 142 valence electrons. The van der Waals surface area contributed by atoms with Gasteiger partial charge in [-0.3, -0.25) is 4.79 Å². The van der Waals surface area contributed by atoms with Crippen LogP contribution in [0.25, 0.3) is 0 Å². The number of hydrogen-bond donors (Lipinski definition) is 1. The first-order chi connectivity index (χ1) is 12.0. The zero-order chi connectivity index (χ0) is 18.7. The van der Waals surface area contributed by atoms with E-state index in [0.717, 1.165) is 37.4 Å². The summed E-state index contributed by atoms with van der Waals surface area (Å²) in [6.07, 6.45) is 8.36. The number of methoxy groups -OCH3 is 1. The van der Waals surface area contributed by atoms with Crippen molar-refractivity contribution < 1.29 is 14.6 Å². The second-order valence-electron chi connectivity index (χ2n) is 7.37. The maximum atomic E-state index is 10.8. The monoisotopic (exact) mass is 348 g/mol. The molecule has 1 aromatic rings. The van der Waals surface area contributed by atoms with E-state index in [9.17, 15) is 4.79 Å². The summed E-state index contributed by atoms with van der Waals surface area (Å²) in [6, 6.07) is 8.40. The van der Waals surface area contributed by atoms with Crippen LogP contribution in [0.5, 0.6) is 5.75 Å². The molecule has 1 N–H and O–H groups in total. The molecule has 0 aliphatic heterocycles. The van der Waals surface area contributed by atoms with Crippen molar-refractivity contribution in [3.05, 3.63) is 29.8 Å². The lowest BCUT2D eigenvalue weighted by Gasteiger charge is -2.22. The molecule has 0 heterocycles. The average molecular weight is 349 g/mol. The van der Waals surface area contributed by atoms with Crippen molar-refractivity contribution in [2.45, 2.75) is 78.2 Å². The molecule has 0 amide bonds. The molecule has 1 atom stereocenters. The number of aliphatic hydroxyl groups excluding tert-OH is 1. The van der Waals surface area contributed by atoms with Crippen LogP contribution in [0, 0.1) is 11.8 Å². The van der Waals surface area contributed by atoms with Gasteiger partial charge in [-0.05, 0) is 69.1 Å². The van der Waals surface area contributed by atoms with Gasteiger partial charge in [-0.1, -0.05) is 38.8 Å². The van der Waals surface area contributed by atoms with Gasteiger partial charge in [-0.25, -0.2) is 0 Å². The SMILES string of the molecule is CC(=O)C1CCC(O)CC1.CCC(C)CCCc1ccc(OC)cc1. The van der Waals surface area contributed by atoms with Crippen molar-refractivity contribution in [1.29, 1.82) is 0 Å². The molecular formula is C22H36O3. The number of aryl methyl sites for hydroxylation is 1.